The summed E-state index contributed by atoms with van der Waals surface area (Å²) in [4.78, 5) is 25.2. The molecule has 110 valence electrons. The van der Waals surface area contributed by atoms with E-state index in [4.69, 9.17) is 5.73 Å². The zero-order valence-electron chi connectivity index (χ0n) is 10.7. The van der Waals surface area contributed by atoms with Crippen LogP contribution in [0.3, 0.4) is 0 Å². The lowest BCUT2D eigenvalue weighted by Crippen LogP contribution is -2.30. The number of nitrogens with zero attached hydrogens (tertiary/aromatic N) is 2. The summed E-state index contributed by atoms with van der Waals surface area (Å²) in [6.45, 7) is 1.40. The van der Waals surface area contributed by atoms with Gasteiger partial charge in [-0.2, -0.15) is 0 Å². The van der Waals surface area contributed by atoms with E-state index in [0.717, 1.165) is 12.3 Å². The van der Waals surface area contributed by atoms with Crippen LogP contribution in [0, 0.1) is 10.1 Å². The Bertz CT molecular complexity index is 629. The van der Waals surface area contributed by atoms with Gasteiger partial charge in [0.2, 0.25) is 0 Å². The molecule has 0 spiro atoms. The van der Waals surface area contributed by atoms with E-state index < -0.39 is 20.7 Å². The number of hydrogen-bond donors (Lipinski definition) is 2. The minimum atomic E-state index is -3.20. The maximum atomic E-state index is 11.8. The Kier molecular flexibility index (Phi) is 4.97. The van der Waals surface area contributed by atoms with Gasteiger partial charge in [0, 0.05) is 18.4 Å². The van der Waals surface area contributed by atoms with E-state index >= 15 is 0 Å². The summed E-state index contributed by atoms with van der Waals surface area (Å²) in [7, 11) is -3.20. The Morgan fingerprint density at radius 1 is 1.55 bits per heavy atom. The number of sulfone groups is 1. The van der Waals surface area contributed by atoms with Crippen molar-refractivity contribution in [3.63, 3.8) is 0 Å². The van der Waals surface area contributed by atoms with E-state index in [9.17, 15) is 23.3 Å². The molecule has 3 N–H and O–H groups in total. The molecule has 0 aliphatic carbocycles. The second kappa shape index (κ2) is 6.28. The Morgan fingerprint density at radius 2 is 2.20 bits per heavy atom. The highest BCUT2D eigenvalue weighted by Crippen LogP contribution is 2.16. The molecule has 1 aromatic heterocycles. The number of aromatic nitrogens is 1. The number of pyridine rings is 1. The first-order valence-electron chi connectivity index (χ1n) is 5.65. The molecule has 0 saturated heterocycles. The number of hydrogen-bond acceptors (Lipinski definition) is 7. The zero-order chi connectivity index (χ0) is 15.3. The number of nitro groups is 1. The van der Waals surface area contributed by atoms with Crippen LogP contribution < -0.4 is 11.1 Å². The third kappa shape index (κ3) is 4.16. The predicted molar refractivity (Wildman–Crippen MR) is 72.0 cm³/mol. The minimum Gasteiger partial charge on any atom is -0.383 e. The van der Waals surface area contributed by atoms with E-state index in [1.54, 1.807) is 0 Å². The van der Waals surface area contributed by atoms with Gasteiger partial charge in [-0.3, -0.25) is 14.9 Å². The highest BCUT2D eigenvalue weighted by Gasteiger charge is 2.17. The first-order valence-corrected chi connectivity index (χ1v) is 7.47. The summed E-state index contributed by atoms with van der Waals surface area (Å²) in [6.07, 6.45) is 0.938. The van der Waals surface area contributed by atoms with Crippen molar-refractivity contribution in [2.45, 2.75) is 6.92 Å². The highest BCUT2D eigenvalue weighted by atomic mass is 32.2. The van der Waals surface area contributed by atoms with Crippen LogP contribution in [-0.4, -0.2) is 42.3 Å². The normalized spacial score (nSPS) is 11.1. The van der Waals surface area contributed by atoms with Crippen LogP contribution >= 0.6 is 0 Å². The predicted octanol–water partition coefficient (Wildman–Crippen LogP) is -0.263. The molecule has 0 aromatic carbocycles. The van der Waals surface area contributed by atoms with Gasteiger partial charge in [-0.1, -0.05) is 6.92 Å². The molecule has 20 heavy (non-hydrogen) atoms. The van der Waals surface area contributed by atoms with E-state index in [1.807, 2.05) is 0 Å². The van der Waals surface area contributed by atoms with Gasteiger partial charge in [0.05, 0.1) is 16.2 Å². The van der Waals surface area contributed by atoms with Crippen LogP contribution in [0.5, 0.6) is 0 Å². The molecule has 0 aliphatic rings. The van der Waals surface area contributed by atoms with Gasteiger partial charge in [0.25, 0.3) is 11.6 Å². The largest absolute Gasteiger partial charge is 0.383 e. The highest BCUT2D eigenvalue weighted by molar-refractivity contribution is 7.91. The van der Waals surface area contributed by atoms with Crippen LogP contribution in [0.1, 0.15) is 17.3 Å². The van der Waals surface area contributed by atoms with Crippen molar-refractivity contribution in [3.05, 3.63) is 27.9 Å². The number of amides is 1. The van der Waals surface area contributed by atoms with Gasteiger partial charge in [-0.25, -0.2) is 13.4 Å². The number of carbonyl (C=O) groups excluding carboxylic acids is 1. The molecule has 1 rings (SSSR count). The molecule has 0 bridgehead atoms. The summed E-state index contributed by atoms with van der Waals surface area (Å²) in [5, 5.41) is 12.9. The molecule has 0 aliphatic heterocycles. The van der Waals surface area contributed by atoms with E-state index in [2.05, 4.69) is 10.3 Å². The van der Waals surface area contributed by atoms with Crippen molar-refractivity contribution in [3.8, 4) is 0 Å². The quantitative estimate of drug-likeness (QED) is 0.543. The SMILES string of the molecule is CCS(=O)(=O)CCNC(=O)c1cc([N+](=O)[O-])cnc1N. The fraction of sp³-hybridized carbons (Fsp3) is 0.400. The molecular formula is C10H14N4O5S. The molecule has 1 amide bonds. The van der Waals surface area contributed by atoms with Crippen molar-refractivity contribution in [2.24, 2.45) is 0 Å². The van der Waals surface area contributed by atoms with Crippen LogP contribution in [0.2, 0.25) is 0 Å². The van der Waals surface area contributed by atoms with Crippen LogP contribution in [0.4, 0.5) is 11.5 Å². The van der Waals surface area contributed by atoms with Gasteiger partial charge in [-0.15, -0.1) is 0 Å². The lowest BCUT2D eigenvalue weighted by atomic mass is 10.2. The number of rotatable bonds is 6. The molecule has 1 heterocycles. The van der Waals surface area contributed by atoms with Crippen molar-refractivity contribution in [2.75, 3.05) is 23.8 Å². The molecule has 9 nitrogen and oxygen atoms in total. The van der Waals surface area contributed by atoms with Gasteiger partial charge in [-0.05, 0) is 0 Å². The Morgan fingerprint density at radius 3 is 2.75 bits per heavy atom. The molecule has 0 saturated carbocycles. The lowest BCUT2D eigenvalue weighted by molar-refractivity contribution is -0.385. The third-order valence-electron chi connectivity index (χ3n) is 2.50. The second-order valence-electron chi connectivity index (χ2n) is 3.88. The lowest BCUT2D eigenvalue weighted by Gasteiger charge is -2.06. The molecule has 0 fully saturated rings. The maximum absolute atomic E-state index is 11.8. The fourth-order valence-electron chi connectivity index (χ4n) is 1.31. The molecular weight excluding hydrogens is 288 g/mol. The van der Waals surface area contributed by atoms with Gasteiger partial charge in [0.15, 0.2) is 9.84 Å². The molecule has 0 unspecified atom stereocenters. The van der Waals surface area contributed by atoms with Gasteiger partial charge in [0.1, 0.15) is 12.0 Å². The van der Waals surface area contributed by atoms with Crippen molar-refractivity contribution < 1.29 is 18.1 Å². The van der Waals surface area contributed by atoms with Crippen molar-refractivity contribution in [1.82, 2.24) is 10.3 Å². The van der Waals surface area contributed by atoms with Crippen molar-refractivity contribution in [1.29, 1.82) is 0 Å². The first kappa shape index (κ1) is 15.8. The smallest absolute Gasteiger partial charge is 0.288 e. The number of nitrogens with one attached hydrogen (secondary N) is 1. The van der Waals surface area contributed by atoms with Crippen LogP contribution in [0.25, 0.3) is 0 Å². The number of anilines is 1. The Hall–Kier alpha value is -2.23. The molecule has 0 radical (unpaired) electrons. The molecule has 0 atom stereocenters. The monoisotopic (exact) mass is 302 g/mol. The molecule has 1 aromatic rings. The number of carbonyl (C=O) groups is 1. The first-order chi connectivity index (χ1) is 9.26. The Labute approximate surface area is 115 Å². The van der Waals surface area contributed by atoms with E-state index in [-0.39, 0.29) is 35.1 Å². The summed E-state index contributed by atoms with van der Waals surface area (Å²) in [5.41, 5.74) is 4.93. The third-order valence-corrected chi connectivity index (χ3v) is 4.20. The van der Waals surface area contributed by atoms with E-state index in [1.165, 1.54) is 6.92 Å². The number of nitrogens with two attached hydrogens (primary N) is 1. The zero-order valence-corrected chi connectivity index (χ0v) is 11.5. The average molecular weight is 302 g/mol. The molecule has 10 heteroatoms. The summed E-state index contributed by atoms with van der Waals surface area (Å²) < 4.78 is 22.5. The van der Waals surface area contributed by atoms with Gasteiger partial charge >= 0.3 is 0 Å². The summed E-state index contributed by atoms with van der Waals surface area (Å²) in [6, 6.07) is 0.992. The second-order valence-corrected chi connectivity index (χ2v) is 6.35. The van der Waals surface area contributed by atoms with Crippen LogP contribution in [0.15, 0.2) is 12.3 Å². The van der Waals surface area contributed by atoms with Crippen LogP contribution in [-0.2, 0) is 9.84 Å². The number of nitrogen functional groups attached to an aromatic ring is 1. The Balaban J connectivity index is 2.78. The average Bonchev–Trinajstić information content (AvgIpc) is 2.38. The minimum absolute atomic E-state index is 0.0244. The summed E-state index contributed by atoms with van der Waals surface area (Å²) >= 11 is 0. The van der Waals surface area contributed by atoms with Crippen molar-refractivity contribution >= 4 is 27.2 Å². The fourth-order valence-corrected chi connectivity index (χ4v) is 2.01. The van der Waals surface area contributed by atoms with Gasteiger partial charge < -0.3 is 11.1 Å². The maximum Gasteiger partial charge on any atom is 0.288 e. The topological polar surface area (TPSA) is 145 Å². The standard InChI is InChI=1S/C10H14N4O5S/c1-2-20(18,19)4-3-12-10(15)8-5-7(14(16)17)6-13-9(8)11/h5-6H,2-4H2,1H3,(H2,11,13)(H,12,15). The summed E-state index contributed by atoms with van der Waals surface area (Å²) in [5.74, 6) is -1.10. The van der Waals surface area contributed by atoms with E-state index in [0.29, 0.717) is 0 Å².